The number of aliphatic hydroxyl groups excluding tert-OH is 7. The Morgan fingerprint density at radius 1 is 0.611 bits per heavy atom. The zero-order valence-electron chi connectivity index (χ0n) is 21.0. The molecule has 0 bridgehead atoms. The molecular weight excluding hydrogens is 476 g/mol. The Bertz CT molecular complexity index is 601. The SMILES string of the molecule is OCC1O[C@H](O[C@@H]2C(CO)O[C@@H](OCCCCCCCC3CCCCC3)C(O)[C@H]2O)C(O)[C@@H](O)[C@@H]1O. The molecule has 2 saturated heterocycles. The second kappa shape index (κ2) is 15.2. The van der Waals surface area contributed by atoms with Gasteiger partial charge in [-0.3, -0.25) is 0 Å². The van der Waals surface area contributed by atoms with Crippen molar-refractivity contribution in [2.75, 3.05) is 19.8 Å². The van der Waals surface area contributed by atoms with Crippen LogP contribution in [0.5, 0.6) is 0 Å². The summed E-state index contributed by atoms with van der Waals surface area (Å²) in [5.41, 5.74) is 0. The zero-order chi connectivity index (χ0) is 26.1. The molecule has 1 aliphatic carbocycles. The Hall–Kier alpha value is -0.440. The quantitative estimate of drug-likeness (QED) is 0.156. The molecule has 4 unspecified atom stereocenters. The molecule has 0 aromatic carbocycles. The van der Waals surface area contributed by atoms with Crippen molar-refractivity contribution in [3.8, 4) is 0 Å². The van der Waals surface area contributed by atoms with E-state index in [0.717, 1.165) is 25.2 Å². The van der Waals surface area contributed by atoms with Gasteiger partial charge in [-0.1, -0.05) is 64.2 Å². The first-order valence-electron chi connectivity index (χ1n) is 13.6. The average molecular weight is 523 g/mol. The average Bonchev–Trinajstić information content (AvgIpc) is 2.90. The van der Waals surface area contributed by atoms with Gasteiger partial charge in [0.05, 0.1) is 13.2 Å². The topological polar surface area (TPSA) is 179 Å². The van der Waals surface area contributed by atoms with Gasteiger partial charge in [0.1, 0.15) is 48.8 Å². The fraction of sp³-hybridized carbons (Fsp3) is 1.00. The van der Waals surface area contributed by atoms with Crippen LogP contribution in [0.2, 0.25) is 0 Å². The Morgan fingerprint density at radius 3 is 1.92 bits per heavy atom. The van der Waals surface area contributed by atoms with Crippen molar-refractivity contribution in [1.82, 2.24) is 0 Å². The number of aliphatic hydroxyl groups is 7. The molecule has 3 aliphatic rings. The maximum Gasteiger partial charge on any atom is 0.187 e. The van der Waals surface area contributed by atoms with Crippen LogP contribution in [0.1, 0.15) is 70.6 Å². The van der Waals surface area contributed by atoms with Crippen molar-refractivity contribution < 1.29 is 54.7 Å². The van der Waals surface area contributed by atoms with Crippen LogP contribution in [0.4, 0.5) is 0 Å². The minimum Gasteiger partial charge on any atom is -0.394 e. The third-order valence-corrected chi connectivity index (χ3v) is 7.72. The van der Waals surface area contributed by atoms with Crippen LogP contribution in [-0.4, -0.2) is 117 Å². The second-order valence-corrected chi connectivity index (χ2v) is 10.4. The molecule has 0 amide bonds. The smallest absolute Gasteiger partial charge is 0.187 e. The zero-order valence-corrected chi connectivity index (χ0v) is 21.0. The van der Waals surface area contributed by atoms with E-state index >= 15 is 0 Å². The predicted octanol–water partition coefficient (Wildman–Crippen LogP) is -0.452. The van der Waals surface area contributed by atoms with Gasteiger partial charge in [-0.25, -0.2) is 0 Å². The van der Waals surface area contributed by atoms with Crippen LogP contribution in [0.25, 0.3) is 0 Å². The molecule has 1 saturated carbocycles. The first-order valence-corrected chi connectivity index (χ1v) is 13.6. The summed E-state index contributed by atoms with van der Waals surface area (Å²) >= 11 is 0. The molecule has 11 heteroatoms. The number of hydrogen-bond acceptors (Lipinski definition) is 11. The minimum absolute atomic E-state index is 0.327. The van der Waals surface area contributed by atoms with Gasteiger partial charge < -0.3 is 54.7 Å². The predicted molar refractivity (Wildman–Crippen MR) is 127 cm³/mol. The van der Waals surface area contributed by atoms with Gasteiger partial charge in [-0.2, -0.15) is 0 Å². The Kier molecular flexibility index (Phi) is 12.7. The van der Waals surface area contributed by atoms with E-state index in [1.54, 1.807) is 0 Å². The van der Waals surface area contributed by atoms with Crippen molar-refractivity contribution in [2.45, 2.75) is 132 Å². The number of ether oxygens (including phenoxy) is 4. The molecule has 36 heavy (non-hydrogen) atoms. The van der Waals surface area contributed by atoms with Crippen LogP contribution in [0.15, 0.2) is 0 Å². The van der Waals surface area contributed by atoms with E-state index in [-0.39, 0.29) is 0 Å². The highest BCUT2D eigenvalue weighted by Gasteiger charge is 2.50. The molecule has 3 rings (SSSR count). The van der Waals surface area contributed by atoms with E-state index in [1.165, 1.54) is 51.4 Å². The van der Waals surface area contributed by atoms with E-state index in [2.05, 4.69) is 0 Å². The summed E-state index contributed by atoms with van der Waals surface area (Å²) in [7, 11) is 0. The monoisotopic (exact) mass is 522 g/mol. The lowest BCUT2D eigenvalue weighted by atomic mass is 9.85. The molecule has 10 atom stereocenters. The summed E-state index contributed by atoms with van der Waals surface area (Å²) in [6.07, 6.45) is -0.730. The number of unbranched alkanes of at least 4 members (excludes halogenated alkanes) is 4. The van der Waals surface area contributed by atoms with Gasteiger partial charge >= 0.3 is 0 Å². The van der Waals surface area contributed by atoms with Crippen LogP contribution >= 0.6 is 0 Å². The van der Waals surface area contributed by atoms with Gasteiger partial charge in [0.15, 0.2) is 12.6 Å². The Labute approximate surface area is 212 Å². The van der Waals surface area contributed by atoms with E-state index < -0.39 is 74.6 Å². The molecule has 3 fully saturated rings. The molecule has 2 aliphatic heterocycles. The maximum absolute atomic E-state index is 10.6. The second-order valence-electron chi connectivity index (χ2n) is 10.4. The molecule has 7 N–H and O–H groups in total. The Morgan fingerprint density at radius 2 is 1.22 bits per heavy atom. The fourth-order valence-corrected chi connectivity index (χ4v) is 5.43. The van der Waals surface area contributed by atoms with Gasteiger partial charge in [0.2, 0.25) is 0 Å². The first-order chi connectivity index (χ1) is 17.4. The maximum atomic E-state index is 10.6. The summed E-state index contributed by atoms with van der Waals surface area (Å²) in [5, 5.41) is 70.3. The molecule has 11 nitrogen and oxygen atoms in total. The highest BCUT2D eigenvalue weighted by Crippen LogP contribution is 2.30. The van der Waals surface area contributed by atoms with Crippen LogP contribution in [0.3, 0.4) is 0 Å². The molecule has 0 spiro atoms. The van der Waals surface area contributed by atoms with Crippen molar-refractivity contribution >= 4 is 0 Å². The minimum atomic E-state index is -1.69. The van der Waals surface area contributed by atoms with Crippen LogP contribution in [0, 0.1) is 5.92 Å². The molecule has 0 aromatic rings. The lowest BCUT2D eigenvalue weighted by molar-refractivity contribution is -0.359. The van der Waals surface area contributed by atoms with Gasteiger partial charge in [0, 0.05) is 6.61 Å². The number of hydrogen-bond donors (Lipinski definition) is 7. The number of rotatable bonds is 13. The van der Waals surface area contributed by atoms with E-state index in [4.69, 9.17) is 18.9 Å². The van der Waals surface area contributed by atoms with Crippen LogP contribution < -0.4 is 0 Å². The summed E-state index contributed by atoms with van der Waals surface area (Å²) < 4.78 is 22.1. The molecule has 2 heterocycles. The first kappa shape index (κ1) is 30.1. The Balaban J connectivity index is 1.38. The summed E-state index contributed by atoms with van der Waals surface area (Å²) in [4.78, 5) is 0. The van der Waals surface area contributed by atoms with Crippen molar-refractivity contribution in [2.24, 2.45) is 5.92 Å². The third kappa shape index (κ3) is 8.03. The van der Waals surface area contributed by atoms with Crippen molar-refractivity contribution in [3.63, 3.8) is 0 Å². The van der Waals surface area contributed by atoms with E-state index in [9.17, 15) is 35.7 Å². The standard InChI is InChI=1S/C25H46O11/c26-13-16-18(28)19(29)21(31)25(34-16)36-23-17(14-27)35-24(22(32)20(23)30)33-12-8-3-1-2-5-9-15-10-6-4-7-11-15/h15-32H,1-14H2/t16?,17?,18-,19+,20-,21?,22?,23-,24-,25-/m1/s1. The third-order valence-electron chi connectivity index (χ3n) is 7.72. The van der Waals surface area contributed by atoms with Crippen LogP contribution in [-0.2, 0) is 18.9 Å². The highest BCUT2D eigenvalue weighted by atomic mass is 16.7. The van der Waals surface area contributed by atoms with Crippen molar-refractivity contribution in [1.29, 1.82) is 0 Å². The molecule has 212 valence electrons. The van der Waals surface area contributed by atoms with Gasteiger partial charge in [-0.05, 0) is 12.3 Å². The summed E-state index contributed by atoms with van der Waals surface area (Å²) in [6.45, 7) is -0.892. The van der Waals surface area contributed by atoms with E-state index in [1.807, 2.05) is 0 Å². The lowest BCUT2D eigenvalue weighted by Gasteiger charge is -2.45. The largest absolute Gasteiger partial charge is 0.394 e. The molecular formula is C25H46O11. The van der Waals surface area contributed by atoms with Gasteiger partial charge in [0.25, 0.3) is 0 Å². The van der Waals surface area contributed by atoms with Crippen molar-refractivity contribution in [3.05, 3.63) is 0 Å². The molecule has 0 radical (unpaired) electrons. The van der Waals surface area contributed by atoms with E-state index in [0.29, 0.717) is 6.61 Å². The molecule has 0 aromatic heterocycles. The normalized spacial score (nSPS) is 40.4. The lowest BCUT2D eigenvalue weighted by Crippen LogP contribution is -2.64. The summed E-state index contributed by atoms with van der Waals surface area (Å²) in [5.74, 6) is 0.909. The highest BCUT2D eigenvalue weighted by molar-refractivity contribution is 4.94. The summed E-state index contributed by atoms with van der Waals surface area (Å²) in [6, 6.07) is 0. The fourth-order valence-electron chi connectivity index (χ4n) is 5.43. The van der Waals surface area contributed by atoms with Gasteiger partial charge in [-0.15, -0.1) is 0 Å².